The van der Waals surface area contributed by atoms with Crippen molar-refractivity contribution >= 4 is 5.97 Å². The number of aliphatic carboxylic acids is 1. The summed E-state index contributed by atoms with van der Waals surface area (Å²) in [5.74, 6) is -1.16. The highest BCUT2D eigenvalue weighted by atomic mass is 16.4. The van der Waals surface area contributed by atoms with E-state index in [1.807, 2.05) is 44.2 Å². The normalized spacial score (nSPS) is 13.4. The second kappa shape index (κ2) is 5.12. The Morgan fingerprint density at radius 3 is 2.12 bits per heavy atom. The minimum Gasteiger partial charge on any atom is -0.479 e. The first-order chi connectivity index (χ1) is 7.58. The molecule has 0 aliphatic rings. The first kappa shape index (κ1) is 12.7. The zero-order chi connectivity index (χ0) is 12.2. The summed E-state index contributed by atoms with van der Waals surface area (Å²) in [4.78, 5) is 11.0. The van der Waals surface area contributed by atoms with Gasteiger partial charge < -0.3 is 10.2 Å². The van der Waals surface area contributed by atoms with Gasteiger partial charge in [0.1, 0.15) is 0 Å². The fourth-order valence-corrected chi connectivity index (χ4v) is 2.21. The van der Waals surface area contributed by atoms with Crippen LogP contribution in [0.15, 0.2) is 30.3 Å². The minimum atomic E-state index is -1.36. The smallest absolute Gasteiger partial charge is 0.333 e. The van der Waals surface area contributed by atoms with E-state index in [4.69, 9.17) is 5.11 Å². The van der Waals surface area contributed by atoms with E-state index in [-0.39, 0.29) is 0 Å². The van der Waals surface area contributed by atoms with Gasteiger partial charge in [0.2, 0.25) is 0 Å². The SMILES string of the molecule is CCC(CC)(c1ccccc1)C(O)C(=O)O. The zero-order valence-electron chi connectivity index (χ0n) is 9.68. The molecule has 0 spiro atoms. The van der Waals surface area contributed by atoms with Crippen LogP contribution in [-0.2, 0) is 10.2 Å². The standard InChI is InChI=1S/C13H18O3/c1-3-13(4-2,11(14)12(15)16)10-8-6-5-7-9-10/h5-9,11,14H,3-4H2,1-2H3,(H,15,16). The summed E-state index contributed by atoms with van der Waals surface area (Å²) < 4.78 is 0. The quantitative estimate of drug-likeness (QED) is 0.803. The van der Waals surface area contributed by atoms with Gasteiger partial charge in [-0.3, -0.25) is 0 Å². The molecule has 1 atom stereocenters. The van der Waals surface area contributed by atoms with E-state index in [0.717, 1.165) is 5.56 Å². The highest BCUT2D eigenvalue weighted by Gasteiger charge is 2.40. The van der Waals surface area contributed by atoms with E-state index in [1.165, 1.54) is 0 Å². The average molecular weight is 222 g/mol. The van der Waals surface area contributed by atoms with Crippen molar-refractivity contribution in [2.75, 3.05) is 0 Å². The summed E-state index contributed by atoms with van der Waals surface area (Å²) in [6.07, 6.45) is -0.160. The summed E-state index contributed by atoms with van der Waals surface area (Å²) in [5, 5.41) is 18.9. The minimum absolute atomic E-state index is 0.598. The number of carbonyl (C=O) groups is 1. The van der Waals surface area contributed by atoms with Crippen molar-refractivity contribution in [2.24, 2.45) is 0 Å². The molecule has 3 nitrogen and oxygen atoms in total. The molecule has 0 aliphatic heterocycles. The summed E-state index contributed by atoms with van der Waals surface area (Å²) in [7, 11) is 0. The first-order valence-electron chi connectivity index (χ1n) is 5.55. The van der Waals surface area contributed by atoms with E-state index in [2.05, 4.69) is 0 Å². The molecule has 16 heavy (non-hydrogen) atoms. The van der Waals surface area contributed by atoms with Gasteiger partial charge in [0.05, 0.1) is 0 Å². The molecule has 0 amide bonds. The maximum Gasteiger partial charge on any atom is 0.333 e. The third-order valence-electron chi connectivity index (χ3n) is 3.37. The lowest BCUT2D eigenvalue weighted by molar-refractivity contribution is -0.151. The summed E-state index contributed by atoms with van der Waals surface area (Å²) >= 11 is 0. The van der Waals surface area contributed by atoms with Crippen LogP contribution >= 0.6 is 0 Å². The van der Waals surface area contributed by atoms with E-state index < -0.39 is 17.5 Å². The lowest BCUT2D eigenvalue weighted by Crippen LogP contribution is -2.43. The van der Waals surface area contributed by atoms with Gasteiger partial charge in [-0.05, 0) is 18.4 Å². The van der Waals surface area contributed by atoms with Crippen molar-refractivity contribution < 1.29 is 15.0 Å². The molecule has 88 valence electrons. The number of carboxylic acid groups (broad SMARTS) is 1. The van der Waals surface area contributed by atoms with Crippen LogP contribution in [0.4, 0.5) is 0 Å². The predicted octanol–water partition coefficient (Wildman–Crippen LogP) is 2.19. The lowest BCUT2D eigenvalue weighted by Gasteiger charge is -2.34. The third kappa shape index (κ3) is 2.09. The van der Waals surface area contributed by atoms with Crippen LogP contribution < -0.4 is 0 Å². The van der Waals surface area contributed by atoms with Crippen LogP contribution in [0.2, 0.25) is 0 Å². The molecule has 1 aromatic carbocycles. The maximum absolute atomic E-state index is 11.0. The molecule has 1 unspecified atom stereocenters. The number of carboxylic acids is 1. The van der Waals surface area contributed by atoms with Crippen LogP contribution in [0.3, 0.4) is 0 Å². The van der Waals surface area contributed by atoms with E-state index in [9.17, 15) is 9.90 Å². The molecule has 0 heterocycles. The fourth-order valence-electron chi connectivity index (χ4n) is 2.21. The van der Waals surface area contributed by atoms with Gasteiger partial charge in [-0.15, -0.1) is 0 Å². The highest BCUT2D eigenvalue weighted by molar-refractivity contribution is 5.74. The van der Waals surface area contributed by atoms with E-state index >= 15 is 0 Å². The molecule has 0 saturated carbocycles. The van der Waals surface area contributed by atoms with Crippen LogP contribution in [-0.4, -0.2) is 22.3 Å². The van der Waals surface area contributed by atoms with Crippen molar-refractivity contribution in [3.63, 3.8) is 0 Å². The Balaban J connectivity index is 3.21. The van der Waals surface area contributed by atoms with Crippen molar-refractivity contribution in [3.8, 4) is 0 Å². The topological polar surface area (TPSA) is 57.5 Å². The van der Waals surface area contributed by atoms with Gasteiger partial charge in [0.25, 0.3) is 0 Å². The first-order valence-corrected chi connectivity index (χ1v) is 5.55. The van der Waals surface area contributed by atoms with E-state index in [0.29, 0.717) is 12.8 Å². The molecule has 0 radical (unpaired) electrons. The largest absolute Gasteiger partial charge is 0.479 e. The number of aliphatic hydroxyl groups excluding tert-OH is 1. The Bertz CT molecular complexity index is 341. The highest BCUT2D eigenvalue weighted by Crippen LogP contribution is 2.35. The van der Waals surface area contributed by atoms with Gasteiger partial charge in [-0.1, -0.05) is 44.2 Å². The van der Waals surface area contributed by atoms with Crippen molar-refractivity contribution in [1.82, 2.24) is 0 Å². The second-order valence-corrected chi connectivity index (χ2v) is 3.97. The molecular formula is C13H18O3. The average Bonchev–Trinajstić information content (AvgIpc) is 2.32. The van der Waals surface area contributed by atoms with E-state index in [1.54, 1.807) is 0 Å². The Labute approximate surface area is 95.7 Å². The summed E-state index contributed by atoms with van der Waals surface area (Å²) in [6.45, 7) is 3.81. The van der Waals surface area contributed by atoms with Gasteiger partial charge in [0, 0.05) is 5.41 Å². The number of hydrogen-bond donors (Lipinski definition) is 2. The van der Waals surface area contributed by atoms with Gasteiger partial charge in [-0.2, -0.15) is 0 Å². The lowest BCUT2D eigenvalue weighted by atomic mass is 9.71. The Kier molecular flexibility index (Phi) is 4.07. The fraction of sp³-hybridized carbons (Fsp3) is 0.462. The van der Waals surface area contributed by atoms with Crippen LogP contribution in [0.25, 0.3) is 0 Å². The monoisotopic (exact) mass is 222 g/mol. The molecule has 2 N–H and O–H groups in total. The molecule has 0 bridgehead atoms. The van der Waals surface area contributed by atoms with Crippen LogP contribution in [0.5, 0.6) is 0 Å². The number of rotatable bonds is 5. The molecule has 0 fully saturated rings. The zero-order valence-corrected chi connectivity index (χ0v) is 9.68. The maximum atomic E-state index is 11.0. The Morgan fingerprint density at radius 1 is 1.25 bits per heavy atom. The molecule has 3 heteroatoms. The third-order valence-corrected chi connectivity index (χ3v) is 3.37. The molecule has 0 aromatic heterocycles. The van der Waals surface area contributed by atoms with Gasteiger partial charge >= 0.3 is 5.97 Å². The van der Waals surface area contributed by atoms with Crippen molar-refractivity contribution in [2.45, 2.75) is 38.2 Å². The number of hydrogen-bond acceptors (Lipinski definition) is 2. The molecule has 1 aromatic rings. The Morgan fingerprint density at radius 2 is 1.75 bits per heavy atom. The van der Waals surface area contributed by atoms with Crippen molar-refractivity contribution in [3.05, 3.63) is 35.9 Å². The molecular weight excluding hydrogens is 204 g/mol. The number of aliphatic hydroxyl groups is 1. The molecule has 0 saturated heterocycles. The van der Waals surface area contributed by atoms with Gasteiger partial charge in [0.15, 0.2) is 6.10 Å². The van der Waals surface area contributed by atoms with Crippen LogP contribution in [0, 0.1) is 0 Å². The van der Waals surface area contributed by atoms with Crippen molar-refractivity contribution in [1.29, 1.82) is 0 Å². The summed E-state index contributed by atoms with van der Waals surface area (Å²) in [5.41, 5.74) is 0.197. The second-order valence-electron chi connectivity index (χ2n) is 3.97. The van der Waals surface area contributed by atoms with Gasteiger partial charge in [-0.25, -0.2) is 4.79 Å². The summed E-state index contributed by atoms with van der Waals surface area (Å²) in [6, 6.07) is 9.36. The van der Waals surface area contributed by atoms with Crippen LogP contribution in [0.1, 0.15) is 32.3 Å². The predicted molar refractivity (Wildman–Crippen MR) is 62.3 cm³/mol. The Hall–Kier alpha value is -1.35. The molecule has 1 rings (SSSR count). The molecule has 0 aliphatic carbocycles. The number of benzene rings is 1.